The van der Waals surface area contributed by atoms with E-state index < -0.39 is 11.6 Å². The Hall–Kier alpha value is -2.37. The number of aryl methyl sites for hydroxylation is 2. The van der Waals surface area contributed by atoms with Crippen molar-refractivity contribution in [3.63, 3.8) is 0 Å². The van der Waals surface area contributed by atoms with Crippen LogP contribution in [-0.2, 0) is 28.0 Å². The highest BCUT2D eigenvalue weighted by Gasteiger charge is 2.49. The maximum atomic E-state index is 12.9. The lowest BCUT2D eigenvalue weighted by Gasteiger charge is -2.24. The fourth-order valence-electron chi connectivity index (χ4n) is 3.73. The molecule has 6 heteroatoms. The van der Waals surface area contributed by atoms with E-state index >= 15 is 0 Å². The number of nitrogens with zero attached hydrogens (tertiary/aromatic N) is 2. The predicted molar refractivity (Wildman–Crippen MR) is 94.0 cm³/mol. The van der Waals surface area contributed by atoms with Gasteiger partial charge in [-0.2, -0.15) is 0 Å². The van der Waals surface area contributed by atoms with E-state index in [1.165, 1.54) is 11.1 Å². The van der Waals surface area contributed by atoms with Gasteiger partial charge in [0.2, 0.25) is 5.91 Å². The van der Waals surface area contributed by atoms with E-state index in [9.17, 15) is 14.4 Å². The molecule has 1 saturated heterocycles. The number of nitrogens with one attached hydrogen (secondary N) is 1. The van der Waals surface area contributed by atoms with Gasteiger partial charge in [0.1, 0.15) is 12.1 Å². The number of likely N-dealkylation sites (N-methyl/N-ethyl adjacent to an activating group) is 1. The van der Waals surface area contributed by atoms with Crippen molar-refractivity contribution in [1.82, 2.24) is 15.1 Å². The molecule has 0 spiro atoms. The van der Waals surface area contributed by atoms with Crippen molar-refractivity contribution in [3.05, 3.63) is 34.9 Å². The van der Waals surface area contributed by atoms with Crippen molar-refractivity contribution >= 4 is 17.8 Å². The van der Waals surface area contributed by atoms with Crippen LogP contribution in [0.4, 0.5) is 4.79 Å². The van der Waals surface area contributed by atoms with Crippen LogP contribution in [0.25, 0.3) is 0 Å². The fraction of sp³-hybridized carbons (Fsp3) is 0.526. The zero-order chi connectivity index (χ0) is 18.2. The summed E-state index contributed by atoms with van der Waals surface area (Å²) in [7, 11) is 0. The minimum atomic E-state index is -1.11. The Balaban J connectivity index is 1.83. The quantitative estimate of drug-likeness (QED) is 0.829. The average molecular weight is 343 g/mol. The summed E-state index contributed by atoms with van der Waals surface area (Å²) >= 11 is 0. The molecule has 0 aromatic heterocycles. The van der Waals surface area contributed by atoms with Crippen molar-refractivity contribution < 1.29 is 14.4 Å². The zero-order valence-electron chi connectivity index (χ0n) is 15.1. The highest BCUT2D eigenvalue weighted by atomic mass is 16.2. The van der Waals surface area contributed by atoms with Gasteiger partial charge in [0.25, 0.3) is 5.91 Å². The van der Waals surface area contributed by atoms with Gasteiger partial charge in [0.05, 0.1) is 0 Å². The van der Waals surface area contributed by atoms with E-state index in [2.05, 4.69) is 5.32 Å². The summed E-state index contributed by atoms with van der Waals surface area (Å²) < 4.78 is 0. The summed E-state index contributed by atoms with van der Waals surface area (Å²) in [5, 5.41) is 2.78. The van der Waals surface area contributed by atoms with Crippen LogP contribution in [0.5, 0.6) is 0 Å². The zero-order valence-corrected chi connectivity index (χ0v) is 15.1. The number of carbonyl (C=O) groups excluding carboxylic acids is 3. The van der Waals surface area contributed by atoms with Gasteiger partial charge in [-0.05, 0) is 56.7 Å². The largest absolute Gasteiger partial charge is 0.342 e. The van der Waals surface area contributed by atoms with E-state index in [1.807, 2.05) is 32.0 Å². The molecule has 1 heterocycles. The number of hydrogen-bond acceptors (Lipinski definition) is 3. The molecule has 0 radical (unpaired) electrons. The molecule has 6 nitrogen and oxygen atoms in total. The molecule has 1 fully saturated rings. The molecule has 134 valence electrons. The lowest BCUT2D eigenvalue weighted by atomic mass is 9.89. The van der Waals surface area contributed by atoms with Gasteiger partial charge in [-0.15, -0.1) is 0 Å². The third kappa shape index (κ3) is 2.90. The molecule has 25 heavy (non-hydrogen) atoms. The Labute approximate surface area is 148 Å². The Morgan fingerprint density at radius 1 is 1.20 bits per heavy atom. The van der Waals surface area contributed by atoms with Gasteiger partial charge >= 0.3 is 6.03 Å². The predicted octanol–water partition coefficient (Wildman–Crippen LogP) is 1.81. The van der Waals surface area contributed by atoms with Gasteiger partial charge < -0.3 is 10.2 Å². The standard InChI is InChI=1S/C19H25N3O3/c1-4-21(5-2)16(23)12-22-17(24)19(3,20-18(22)25)15-10-9-13-7-6-8-14(13)11-15/h9-11H,4-8,12H2,1-3H3,(H,20,25). The summed E-state index contributed by atoms with van der Waals surface area (Å²) in [6.45, 7) is 6.37. The number of carbonyl (C=O) groups is 3. The number of benzene rings is 1. The maximum absolute atomic E-state index is 12.9. The van der Waals surface area contributed by atoms with Crippen LogP contribution >= 0.6 is 0 Å². The normalized spacial score (nSPS) is 22.1. The van der Waals surface area contributed by atoms with E-state index in [0.29, 0.717) is 13.1 Å². The molecule has 1 N–H and O–H groups in total. The molecule has 1 aromatic rings. The molecule has 0 bridgehead atoms. The number of urea groups is 1. The summed E-state index contributed by atoms with van der Waals surface area (Å²) in [5.41, 5.74) is 2.23. The first kappa shape index (κ1) is 17.5. The number of rotatable bonds is 5. The summed E-state index contributed by atoms with van der Waals surface area (Å²) in [5.74, 6) is -0.581. The van der Waals surface area contributed by atoms with Gasteiger partial charge in [-0.3, -0.25) is 14.5 Å². The fourth-order valence-corrected chi connectivity index (χ4v) is 3.73. The van der Waals surface area contributed by atoms with Crippen LogP contribution < -0.4 is 5.32 Å². The molecule has 4 amide bonds. The van der Waals surface area contributed by atoms with E-state index in [4.69, 9.17) is 0 Å². The first-order valence-corrected chi connectivity index (χ1v) is 8.94. The Morgan fingerprint density at radius 3 is 2.56 bits per heavy atom. The first-order valence-electron chi connectivity index (χ1n) is 8.94. The van der Waals surface area contributed by atoms with E-state index in [0.717, 1.165) is 29.7 Å². The topological polar surface area (TPSA) is 69.7 Å². The Bertz CT molecular complexity index is 727. The summed E-state index contributed by atoms with van der Waals surface area (Å²) in [6.07, 6.45) is 3.20. The molecule has 3 rings (SSSR count). The van der Waals surface area contributed by atoms with Crippen LogP contribution in [0.1, 0.15) is 43.9 Å². The van der Waals surface area contributed by atoms with Crippen LogP contribution in [0.2, 0.25) is 0 Å². The van der Waals surface area contributed by atoms with Crippen molar-refractivity contribution in [2.24, 2.45) is 0 Å². The third-order valence-corrected chi connectivity index (χ3v) is 5.36. The lowest BCUT2D eigenvalue weighted by Crippen LogP contribution is -2.44. The second-order valence-electron chi connectivity index (χ2n) is 6.85. The second-order valence-corrected chi connectivity index (χ2v) is 6.85. The van der Waals surface area contributed by atoms with Crippen molar-refractivity contribution in [3.8, 4) is 0 Å². The van der Waals surface area contributed by atoms with Crippen molar-refractivity contribution in [2.75, 3.05) is 19.6 Å². The molecule has 1 unspecified atom stereocenters. The number of hydrogen-bond donors (Lipinski definition) is 1. The van der Waals surface area contributed by atoms with Crippen molar-refractivity contribution in [2.45, 2.75) is 45.6 Å². The number of fused-ring (bicyclic) bond motifs is 1. The number of amides is 4. The monoisotopic (exact) mass is 343 g/mol. The highest BCUT2D eigenvalue weighted by Crippen LogP contribution is 2.32. The van der Waals surface area contributed by atoms with E-state index in [1.54, 1.807) is 11.8 Å². The van der Waals surface area contributed by atoms with E-state index in [-0.39, 0.29) is 18.4 Å². The Morgan fingerprint density at radius 2 is 1.88 bits per heavy atom. The minimum Gasteiger partial charge on any atom is -0.342 e. The summed E-state index contributed by atoms with van der Waals surface area (Å²) in [6, 6.07) is 5.48. The molecular weight excluding hydrogens is 318 g/mol. The molecular formula is C19H25N3O3. The molecule has 1 aliphatic carbocycles. The van der Waals surface area contributed by atoms with Crippen LogP contribution in [0.15, 0.2) is 18.2 Å². The summed E-state index contributed by atoms with van der Waals surface area (Å²) in [4.78, 5) is 40.3. The van der Waals surface area contributed by atoms with Gasteiger partial charge in [0.15, 0.2) is 0 Å². The molecule has 1 atom stereocenters. The highest BCUT2D eigenvalue weighted by molar-refractivity contribution is 6.09. The van der Waals surface area contributed by atoms with Crippen LogP contribution in [0.3, 0.4) is 0 Å². The minimum absolute atomic E-state index is 0.215. The van der Waals surface area contributed by atoms with Gasteiger partial charge in [-0.1, -0.05) is 18.2 Å². The smallest absolute Gasteiger partial charge is 0.325 e. The lowest BCUT2D eigenvalue weighted by molar-refractivity contribution is -0.138. The van der Waals surface area contributed by atoms with Crippen LogP contribution in [-0.4, -0.2) is 47.3 Å². The molecule has 2 aliphatic rings. The Kier molecular flexibility index (Phi) is 4.54. The maximum Gasteiger partial charge on any atom is 0.325 e. The molecule has 1 aromatic carbocycles. The molecule has 0 saturated carbocycles. The first-order chi connectivity index (χ1) is 11.9. The SMILES string of the molecule is CCN(CC)C(=O)CN1C(=O)NC(C)(c2ccc3c(c2)CCC3)C1=O. The second kappa shape index (κ2) is 6.50. The van der Waals surface area contributed by atoms with Gasteiger partial charge in [-0.25, -0.2) is 4.79 Å². The number of imide groups is 1. The van der Waals surface area contributed by atoms with Gasteiger partial charge in [0, 0.05) is 13.1 Å². The van der Waals surface area contributed by atoms with Crippen LogP contribution in [0, 0.1) is 0 Å². The van der Waals surface area contributed by atoms with Crippen molar-refractivity contribution in [1.29, 1.82) is 0 Å². The molecule has 1 aliphatic heterocycles. The average Bonchev–Trinajstić information content (AvgIpc) is 3.14. The third-order valence-electron chi connectivity index (χ3n) is 5.36.